The molecule has 0 spiro atoms. The van der Waals surface area contributed by atoms with Gasteiger partial charge in [0.05, 0.1) is 11.7 Å². The predicted molar refractivity (Wildman–Crippen MR) is 95.8 cm³/mol. The van der Waals surface area contributed by atoms with Gasteiger partial charge in [-0.2, -0.15) is 5.10 Å². The molecule has 1 aromatic carbocycles. The lowest BCUT2D eigenvalue weighted by Crippen LogP contribution is -2.28. The van der Waals surface area contributed by atoms with Crippen LogP contribution in [0.5, 0.6) is 0 Å². The van der Waals surface area contributed by atoms with Crippen molar-refractivity contribution in [1.29, 1.82) is 0 Å². The number of benzene rings is 1. The average molecular weight is 309 g/mol. The van der Waals surface area contributed by atoms with Crippen molar-refractivity contribution in [2.75, 3.05) is 39.1 Å². The molecule has 0 aliphatic heterocycles. The van der Waals surface area contributed by atoms with Gasteiger partial charge in [-0.1, -0.05) is 6.07 Å². The number of rotatable bonds is 5. The van der Waals surface area contributed by atoms with E-state index in [-0.39, 0.29) is 0 Å². The number of anilines is 1. The molecule has 0 aliphatic rings. The second-order valence-electron chi connectivity index (χ2n) is 6.20. The van der Waals surface area contributed by atoms with Crippen molar-refractivity contribution in [3.63, 3.8) is 0 Å². The van der Waals surface area contributed by atoms with Gasteiger partial charge in [-0.05, 0) is 32.3 Å². The van der Waals surface area contributed by atoms with E-state index < -0.39 is 0 Å². The lowest BCUT2D eigenvalue weighted by atomic mass is 10.1. The minimum Gasteiger partial charge on any atom is -0.373 e. The van der Waals surface area contributed by atoms with Crippen molar-refractivity contribution in [3.05, 3.63) is 42.9 Å². The fourth-order valence-corrected chi connectivity index (χ4v) is 2.66. The number of pyridine rings is 1. The highest BCUT2D eigenvalue weighted by Crippen LogP contribution is 2.29. The van der Waals surface area contributed by atoms with Gasteiger partial charge in [0.25, 0.3) is 0 Å². The zero-order valence-corrected chi connectivity index (χ0v) is 14.2. The maximum Gasteiger partial charge on any atom is 0.0723 e. The van der Waals surface area contributed by atoms with E-state index in [9.17, 15) is 0 Å². The van der Waals surface area contributed by atoms with Gasteiger partial charge in [-0.25, -0.2) is 0 Å². The first-order valence-electron chi connectivity index (χ1n) is 7.78. The summed E-state index contributed by atoms with van der Waals surface area (Å²) in [4.78, 5) is 9.12. The third kappa shape index (κ3) is 3.35. The Morgan fingerprint density at radius 3 is 2.57 bits per heavy atom. The molecule has 0 atom stereocenters. The lowest BCUT2D eigenvalue weighted by molar-refractivity contribution is 0.416. The normalized spacial score (nSPS) is 11.3. The van der Waals surface area contributed by atoms with Crippen LogP contribution in [0.3, 0.4) is 0 Å². The van der Waals surface area contributed by atoms with Crippen LogP contribution in [0, 0.1) is 0 Å². The highest BCUT2D eigenvalue weighted by atomic mass is 15.2. The van der Waals surface area contributed by atoms with Crippen LogP contribution in [-0.4, -0.2) is 53.9 Å². The summed E-state index contributed by atoms with van der Waals surface area (Å²) in [7, 11) is 8.26. The second-order valence-corrected chi connectivity index (χ2v) is 6.20. The van der Waals surface area contributed by atoms with Gasteiger partial charge in [0.2, 0.25) is 0 Å². The SMILES string of the molecule is CN(C)CCN(C)c1cccc2ncc(-c3cnn(C)c3)cc12. The van der Waals surface area contributed by atoms with Crippen LogP contribution in [0.25, 0.3) is 22.0 Å². The topological polar surface area (TPSA) is 37.2 Å². The Kier molecular flexibility index (Phi) is 4.30. The van der Waals surface area contributed by atoms with Crippen molar-refractivity contribution in [1.82, 2.24) is 19.7 Å². The maximum atomic E-state index is 4.63. The highest BCUT2D eigenvalue weighted by molar-refractivity contribution is 5.94. The number of fused-ring (bicyclic) bond motifs is 1. The lowest BCUT2D eigenvalue weighted by Gasteiger charge is -2.23. The van der Waals surface area contributed by atoms with E-state index in [0.29, 0.717) is 0 Å². The molecule has 0 unspecified atom stereocenters. The number of aryl methyl sites for hydroxylation is 1. The molecule has 0 bridgehead atoms. The molecule has 0 aliphatic carbocycles. The van der Waals surface area contributed by atoms with Gasteiger partial charge in [0, 0.05) is 61.8 Å². The number of likely N-dealkylation sites (N-methyl/N-ethyl adjacent to an activating group) is 2. The molecule has 0 N–H and O–H groups in total. The molecule has 23 heavy (non-hydrogen) atoms. The molecule has 0 saturated heterocycles. The zero-order chi connectivity index (χ0) is 16.4. The van der Waals surface area contributed by atoms with E-state index in [1.807, 2.05) is 30.3 Å². The Morgan fingerprint density at radius 1 is 1.04 bits per heavy atom. The summed E-state index contributed by atoms with van der Waals surface area (Å²) in [5, 5.41) is 5.43. The van der Waals surface area contributed by atoms with Crippen molar-refractivity contribution in [2.24, 2.45) is 7.05 Å². The molecule has 2 aromatic heterocycles. The molecule has 120 valence electrons. The van der Waals surface area contributed by atoms with Gasteiger partial charge in [-0.15, -0.1) is 0 Å². The first kappa shape index (κ1) is 15.5. The van der Waals surface area contributed by atoms with Crippen molar-refractivity contribution in [3.8, 4) is 11.1 Å². The van der Waals surface area contributed by atoms with Gasteiger partial charge in [0.15, 0.2) is 0 Å². The Labute approximate surface area is 137 Å². The van der Waals surface area contributed by atoms with Crippen LogP contribution in [0.2, 0.25) is 0 Å². The van der Waals surface area contributed by atoms with Crippen LogP contribution < -0.4 is 4.90 Å². The molecule has 0 amide bonds. The van der Waals surface area contributed by atoms with Crippen LogP contribution >= 0.6 is 0 Å². The molecule has 3 aromatic rings. The first-order valence-corrected chi connectivity index (χ1v) is 7.78. The van der Waals surface area contributed by atoms with E-state index in [2.05, 4.69) is 65.3 Å². The third-order valence-electron chi connectivity index (χ3n) is 4.03. The van der Waals surface area contributed by atoms with E-state index in [1.54, 1.807) is 0 Å². The molecule has 0 fully saturated rings. The minimum absolute atomic E-state index is 0.975. The van der Waals surface area contributed by atoms with Gasteiger partial charge < -0.3 is 9.80 Å². The van der Waals surface area contributed by atoms with Crippen LogP contribution in [-0.2, 0) is 7.05 Å². The summed E-state index contributed by atoms with van der Waals surface area (Å²) in [6, 6.07) is 8.50. The summed E-state index contributed by atoms with van der Waals surface area (Å²) in [6.07, 6.45) is 5.81. The maximum absolute atomic E-state index is 4.63. The molecule has 5 heteroatoms. The number of hydrogen-bond donors (Lipinski definition) is 0. The highest BCUT2D eigenvalue weighted by Gasteiger charge is 2.09. The molecule has 0 radical (unpaired) electrons. The zero-order valence-electron chi connectivity index (χ0n) is 14.2. The molecular weight excluding hydrogens is 286 g/mol. The molecule has 0 saturated carbocycles. The van der Waals surface area contributed by atoms with Crippen LogP contribution in [0.4, 0.5) is 5.69 Å². The van der Waals surface area contributed by atoms with Crippen molar-refractivity contribution >= 4 is 16.6 Å². The minimum atomic E-state index is 0.975. The average Bonchev–Trinajstić information content (AvgIpc) is 2.98. The fourth-order valence-electron chi connectivity index (χ4n) is 2.66. The van der Waals surface area contributed by atoms with Crippen LogP contribution in [0.1, 0.15) is 0 Å². The van der Waals surface area contributed by atoms with Gasteiger partial charge >= 0.3 is 0 Å². The Hall–Kier alpha value is -2.40. The van der Waals surface area contributed by atoms with E-state index in [0.717, 1.165) is 29.7 Å². The predicted octanol–water partition coefficient (Wildman–Crippen LogP) is 2.63. The summed E-state index contributed by atoms with van der Waals surface area (Å²) in [6.45, 7) is 1.99. The van der Waals surface area contributed by atoms with Gasteiger partial charge in [-0.3, -0.25) is 9.67 Å². The Balaban J connectivity index is 2.01. The number of aromatic nitrogens is 3. The Bertz CT molecular complexity index is 806. The Morgan fingerprint density at radius 2 is 1.87 bits per heavy atom. The van der Waals surface area contributed by atoms with E-state index in [4.69, 9.17) is 0 Å². The smallest absolute Gasteiger partial charge is 0.0723 e. The largest absolute Gasteiger partial charge is 0.373 e. The quantitative estimate of drug-likeness (QED) is 0.726. The first-order chi connectivity index (χ1) is 11.0. The molecule has 3 rings (SSSR count). The van der Waals surface area contributed by atoms with Gasteiger partial charge in [0.1, 0.15) is 0 Å². The number of hydrogen-bond acceptors (Lipinski definition) is 4. The van der Waals surface area contributed by atoms with E-state index in [1.165, 1.54) is 11.1 Å². The van der Waals surface area contributed by atoms with E-state index >= 15 is 0 Å². The molecular formula is C18H23N5. The second kappa shape index (κ2) is 6.38. The molecule has 5 nitrogen and oxygen atoms in total. The van der Waals surface area contributed by atoms with Crippen LogP contribution in [0.15, 0.2) is 42.9 Å². The summed E-state index contributed by atoms with van der Waals surface area (Å²) >= 11 is 0. The van der Waals surface area contributed by atoms with Crippen molar-refractivity contribution < 1.29 is 0 Å². The monoisotopic (exact) mass is 309 g/mol. The molecule has 2 heterocycles. The summed E-state index contributed by atoms with van der Waals surface area (Å²) in [5.74, 6) is 0. The summed E-state index contributed by atoms with van der Waals surface area (Å²) in [5.41, 5.74) is 4.42. The van der Waals surface area contributed by atoms with Crippen molar-refractivity contribution in [2.45, 2.75) is 0 Å². The third-order valence-corrected chi connectivity index (χ3v) is 4.03. The number of nitrogens with zero attached hydrogens (tertiary/aromatic N) is 5. The summed E-state index contributed by atoms with van der Waals surface area (Å²) < 4.78 is 1.81. The fraction of sp³-hybridized carbons (Fsp3) is 0.333. The standard InChI is InChI=1S/C18H23N5/c1-21(2)8-9-22(3)18-7-5-6-17-16(18)10-14(11-19-17)15-12-20-23(4)13-15/h5-7,10-13H,8-9H2,1-4H3.